The highest BCUT2D eigenvalue weighted by Crippen LogP contribution is 2.18. The second-order valence-corrected chi connectivity index (χ2v) is 4.34. The summed E-state index contributed by atoms with van der Waals surface area (Å²) in [5.74, 6) is 2.20. The number of hydrogen-bond donors (Lipinski definition) is 2. The first kappa shape index (κ1) is 12.3. The number of aromatic nitrogens is 2. The maximum atomic E-state index is 8.67. The fourth-order valence-electron chi connectivity index (χ4n) is 1.14. The predicted octanol–water partition coefficient (Wildman–Crippen LogP) is 1.49. The molecule has 0 aromatic carbocycles. The summed E-state index contributed by atoms with van der Waals surface area (Å²) >= 11 is 1.61. The average Bonchev–Trinajstić information content (AvgIpc) is 2.18. The van der Waals surface area contributed by atoms with Crippen LogP contribution < -0.4 is 5.73 Å². The number of nitrogens with zero attached hydrogens (tertiary/aromatic N) is 2. The summed E-state index contributed by atoms with van der Waals surface area (Å²) in [6, 6.07) is 1.78. The Labute approximate surface area is 94.3 Å². The molecule has 0 aliphatic carbocycles. The zero-order chi connectivity index (χ0) is 11.1. The Kier molecular flexibility index (Phi) is 5.42. The molecule has 0 spiro atoms. The number of hydrogen-bond acceptors (Lipinski definition) is 5. The fraction of sp³-hybridized carbons (Fsp3) is 0.600. The van der Waals surface area contributed by atoms with E-state index in [0.29, 0.717) is 5.82 Å². The summed E-state index contributed by atoms with van der Waals surface area (Å²) in [6.45, 7) is 2.31. The zero-order valence-corrected chi connectivity index (χ0v) is 9.76. The number of aryl methyl sites for hydroxylation is 1. The molecule has 5 heteroatoms. The van der Waals surface area contributed by atoms with Crippen LogP contribution in [0.4, 0.5) is 5.82 Å². The van der Waals surface area contributed by atoms with Crippen LogP contribution >= 0.6 is 11.8 Å². The summed E-state index contributed by atoms with van der Waals surface area (Å²) in [7, 11) is 0. The van der Waals surface area contributed by atoms with E-state index >= 15 is 0 Å². The Morgan fingerprint density at radius 1 is 1.47 bits per heavy atom. The molecule has 1 aromatic rings. The highest BCUT2D eigenvalue weighted by atomic mass is 32.2. The van der Waals surface area contributed by atoms with Crippen molar-refractivity contribution in [2.24, 2.45) is 0 Å². The number of nitrogen functional groups attached to an aromatic ring is 1. The molecular formula is C10H17N3OS. The fourth-order valence-corrected chi connectivity index (χ4v) is 2.00. The average molecular weight is 227 g/mol. The monoisotopic (exact) mass is 227 g/mol. The minimum atomic E-state index is 0.218. The Bertz CT molecular complexity index is 307. The van der Waals surface area contributed by atoms with Gasteiger partial charge < -0.3 is 10.8 Å². The van der Waals surface area contributed by atoms with Crippen LogP contribution in [0.1, 0.15) is 25.6 Å². The highest BCUT2D eigenvalue weighted by molar-refractivity contribution is 7.99. The van der Waals surface area contributed by atoms with E-state index in [0.717, 1.165) is 35.9 Å². The predicted molar refractivity (Wildman–Crippen MR) is 62.9 cm³/mol. The van der Waals surface area contributed by atoms with E-state index < -0.39 is 0 Å². The number of aliphatic hydroxyl groups excluding tert-OH is 1. The molecule has 0 amide bonds. The van der Waals surface area contributed by atoms with Gasteiger partial charge in [0.15, 0.2) is 0 Å². The van der Waals surface area contributed by atoms with Crippen molar-refractivity contribution in [3.8, 4) is 0 Å². The van der Waals surface area contributed by atoms with Gasteiger partial charge in [0.1, 0.15) is 16.7 Å². The van der Waals surface area contributed by atoms with Crippen LogP contribution in [0.2, 0.25) is 0 Å². The topological polar surface area (TPSA) is 72.0 Å². The number of thioether (sulfide) groups is 1. The molecule has 0 fully saturated rings. The normalized spacial score (nSPS) is 10.5. The Morgan fingerprint density at radius 3 is 2.93 bits per heavy atom. The molecule has 15 heavy (non-hydrogen) atoms. The molecular weight excluding hydrogens is 210 g/mol. The van der Waals surface area contributed by atoms with Crippen molar-refractivity contribution < 1.29 is 5.11 Å². The van der Waals surface area contributed by atoms with Crippen molar-refractivity contribution in [3.63, 3.8) is 0 Å². The molecule has 1 aromatic heterocycles. The molecule has 0 aliphatic rings. The lowest BCUT2D eigenvalue weighted by atomic mass is 10.3. The molecule has 0 saturated heterocycles. The number of rotatable bonds is 6. The zero-order valence-electron chi connectivity index (χ0n) is 8.94. The summed E-state index contributed by atoms with van der Waals surface area (Å²) in [5, 5.41) is 9.57. The van der Waals surface area contributed by atoms with Crippen LogP contribution in [0.5, 0.6) is 0 Å². The molecule has 0 aliphatic heterocycles. The van der Waals surface area contributed by atoms with Crippen molar-refractivity contribution in [3.05, 3.63) is 11.9 Å². The van der Waals surface area contributed by atoms with Gasteiger partial charge in [0.05, 0.1) is 0 Å². The lowest BCUT2D eigenvalue weighted by Gasteiger charge is -2.04. The third-order valence-corrected chi connectivity index (χ3v) is 2.79. The summed E-state index contributed by atoms with van der Waals surface area (Å²) < 4.78 is 0. The van der Waals surface area contributed by atoms with Gasteiger partial charge in [0.25, 0.3) is 0 Å². The molecule has 1 rings (SSSR count). The third kappa shape index (κ3) is 4.48. The molecule has 0 atom stereocenters. The van der Waals surface area contributed by atoms with Crippen molar-refractivity contribution in [2.75, 3.05) is 18.1 Å². The van der Waals surface area contributed by atoms with Gasteiger partial charge in [-0.2, -0.15) is 0 Å². The van der Waals surface area contributed by atoms with Gasteiger partial charge in [-0.1, -0.05) is 6.92 Å². The standard InChI is InChI=1S/C10H17N3OS/c1-2-4-9-12-8(11)7-10(13-9)15-6-3-5-14/h7,14H,2-6H2,1H3,(H2,11,12,13). The van der Waals surface area contributed by atoms with E-state index in [1.165, 1.54) is 0 Å². The van der Waals surface area contributed by atoms with Gasteiger partial charge in [-0.05, 0) is 12.8 Å². The number of aliphatic hydroxyl groups is 1. The molecule has 0 unspecified atom stereocenters. The maximum absolute atomic E-state index is 8.67. The van der Waals surface area contributed by atoms with Crippen molar-refractivity contribution >= 4 is 17.6 Å². The number of anilines is 1. The van der Waals surface area contributed by atoms with Crippen molar-refractivity contribution in [1.82, 2.24) is 9.97 Å². The van der Waals surface area contributed by atoms with E-state index in [4.69, 9.17) is 10.8 Å². The van der Waals surface area contributed by atoms with Gasteiger partial charge in [-0.25, -0.2) is 9.97 Å². The second kappa shape index (κ2) is 6.63. The molecule has 0 radical (unpaired) electrons. The smallest absolute Gasteiger partial charge is 0.132 e. The van der Waals surface area contributed by atoms with Gasteiger partial charge in [0.2, 0.25) is 0 Å². The highest BCUT2D eigenvalue weighted by Gasteiger charge is 2.02. The van der Waals surface area contributed by atoms with Crippen LogP contribution in [-0.2, 0) is 6.42 Å². The molecule has 0 saturated carbocycles. The Morgan fingerprint density at radius 2 is 2.27 bits per heavy atom. The van der Waals surface area contributed by atoms with Crippen molar-refractivity contribution in [1.29, 1.82) is 0 Å². The van der Waals surface area contributed by atoms with E-state index in [9.17, 15) is 0 Å². The largest absolute Gasteiger partial charge is 0.396 e. The van der Waals surface area contributed by atoms with Gasteiger partial charge >= 0.3 is 0 Å². The first-order valence-electron chi connectivity index (χ1n) is 5.13. The Balaban J connectivity index is 2.62. The molecule has 1 heterocycles. The van der Waals surface area contributed by atoms with E-state index in [-0.39, 0.29) is 6.61 Å². The quantitative estimate of drug-likeness (QED) is 0.437. The molecule has 3 N–H and O–H groups in total. The number of nitrogens with two attached hydrogens (primary N) is 1. The van der Waals surface area contributed by atoms with E-state index in [1.807, 2.05) is 0 Å². The lowest BCUT2D eigenvalue weighted by molar-refractivity contribution is 0.296. The van der Waals surface area contributed by atoms with Crippen LogP contribution in [0.15, 0.2) is 11.1 Å². The van der Waals surface area contributed by atoms with Gasteiger partial charge in [-0.15, -0.1) is 11.8 Å². The van der Waals surface area contributed by atoms with Crippen molar-refractivity contribution in [2.45, 2.75) is 31.2 Å². The first-order valence-corrected chi connectivity index (χ1v) is 6.12. The SMILES string of the molecule is CCCc1nc(N)cc(SCCCO)n1. The molecule has 84 valence electrons. The summed E-state index contributed by atoms with van der Waals surface area (Å²) in [6.07, 6.45) is 2.65. The third-order valence-electron chi connectivity index (χ3n) is 1.79. The minimum Gasteiger partial charge on any atom is -0.396 e. The van der Waals surface area contributed by atoms with Crippen LogP contribution in [0, 0.1) is 0 Å². The molecule has 4 nitrogen and oxygen atoms in total. The minimum absolute atomic E-state index is 0.218. The van der Waals surface area contributed by atoms with E-state index in [2.05, 4.69) is 16.9 Å². The first-order chi connectivity index (χ1) is 7.26. The summed E-state index contributed by atoms with van der Waals surface area (Å²) in [5.41, 5.74) is 5.68. The maximum Gasteiger partial charge on any atom is 0.132 e. The van der Waals surface area contributed by atoms with Gasteiger partial charge in [0, 0.05) is 24.8 Å². The Hall–Kier alpha value is -0.810. The van der Waals surface area contributed by atoms with Crippen LogP contribution in [0.25, 0.3) is 0 Å². The van der Waals surface area contributed by atoms with Crippen LogP contribution in [0.3, 0.4) is 0 Å². The second-order valence-electron chi connectivity index (χ2n) is 3.22. The summed E-state index contributed by atoms with van der Waals surface area (Å²) in [4.78, 5) is 8.54. The van der Waals surface area contributed by atoms with E-state index in [1.54, 1.807) is 17.8 Å². The van der Waals surface area contributed by atoms with Crippen LogP contribution in [-0.4, -0.2) is 27.4 Å². The lowest BCUT2D eigenvalue weighted by Crippen LogP contribution is -2.00. The van der Waals surface area contributed by atoms with Gasteiger partial charge in [-0.3, -0.25) is 0 Å². The molecule has 0 bridgehead atoms.